The predicted molar refractivity (Wildman–Crippen MR) is 78.5 cm³/mol. The average molecular weight is 296 g/mol. The van der Waals surface area contributed by atoms with Crippen LogP contribution in [0.3, 0.4) is 0 Å². The molecule has 0 atom stereocenters. The molecule has 0 aliphatic carbocycles. The van der Waals surface area contributed by atoms with E-state index in [4.69, 9.17) is 11.0 Å². The SMILES string of the molecule is CCN(CC)CCNS(=O)(=O)c1ccc(N)cc1C#N. The largest absolute Gasteiger partial charge is 0.399 e. The second kappa shape index (κ2) is 7.24. The van der Waals surface area contributed by atoms with E-state index in [1.165, 1.54) is 18.2 Å². The molecule has 1 aromatic carbocycles. The van der Waals surface area contributed by atoms with Crippen molar-refractivity contribution >= 4 is 15.7 Å². The van der Waals surface area contributed by atoms with Crippen LogP contribution in [0.2, 0.25) is 0 Å². The maximum absolute atomic E-state index is 12.2. The van der Waals surface area contributed by atoms with Crippen molar-refractivity contribution in [3.8, 4) is 6.07 Å². The fourth-order valence-corrected chi connectivity index (χ4v) is 2.98. The summed E-state index contributed by atoms with van der Waals surface area (Å²) >= 11 is 0. The first kappa shape index (κ1) is 16.4. The fraction of sp³-hybridized carbons (Fsp3) is 0.462. The molecule has 6 nitrogen and oxygen atoms in total. The molecule has 0 aliphatic heterocycles. The highest BCUT2D eigenvalue weighted by Gasteiger charge is 2.18. The molecule has 1 rings (SSSR count). The lowest BCUT2D eigenvalue weighted by molar-refractivity contribution is 0.309. The number of nitriles is 1. The minimum absolute atomic E-state index is 0.0336. The van der Waals surface area contributed by atoms with Gasteiger partial charge in [-0.1, -0.05) is 13.8 Å². The third kappa shape index (κ3) is 4.20. The third-order valence-electron chi connectivity index (χ3n) is 3.03. The van der Waals surface area contributed by atoms with Gasteiger partial charge < -0.3 is 10.6 Å². The molecule has 3 N–H and O–H groups in total. The summed E-state index contributed by atoms with van der Waals surface area (Å²) in [7, 11) is -3.69. The summed E-state index contributed by atoms with van der Waals surface area (Å²) < 4.78 is 26.8. The molecule has 20 heavy (non-hydrogen) atoms. The number of hydrogen-bond acceptors (Lipinski definition) is 5. The van der Waals surface area contributed by atoms with Crippen LogP contribution >= 0.6 is 0 Å². The van der Waals surface area contributed by atoms with Gasteiger partial charge in [-0.05, 0) is 31.3 Å². The van der Waals surface area contributed by atoms with Gasteiger partial charge in [0.05, 0.1) is 10.5 Å². The van der Waals surface area contributed by atoms with Crippen LogP contribution < -0.4 is 10.5 Å². The van der Waals surface area contributed by atoms with Gasteiger partial charge in [0.2, 0.25) is 10.0 Å². The van der Waals surface area contributed by atoms with Crippen LogP contribution in [-0.4, -0.2) is 39.5 Å². The number of nitrogens with zero attached hydrogens (tertiary/aromatic N) is 2. The van der Waals surface area contributed by atoms with Crippen LogP contribution in [0.4, 0.5) is 5.69 Å². The van der Waals surface area contributed by atoms with Crippen molar-refractivity contribution in [3.05, 3.63) is 23.8 Å². The van der Waals surface area contributed by atoms with Crippen molar-refractivity contribution in [1.82, 2.24) is 9.62 Å². The summed E-state index contributed by atoms with van der Waals surface area (Å²) in [5.41, 5.74) is 5.97. The van der Waals surface area contributed by atoms with E-state index in [1.54, 1.807) is 0 Å². The van der Waals surface area contributed by atoms with Crippen molar-refractivity contribution in [3.63, 3.8) is 0 Å². The number of nitrogens with two attached hydrogens (primary N) is 1. The Morgan fingerprint density at radius 1 is 1.35 bits per heavy atom. The summed E-state index contributed by atoms with van der Waals surface area (Å²) in [6.45, 7) is 6.70. The van der Waals surface area contributed by atoms with E-state index in [0.717, 1.165) is 13.1 Å². The van der Waals surface area contributed by atoms with Gasteiger partial charge in [-0.25, -0.2) is 13.1 Å². The molecule has 0 fully saturated rings. The number of nitrogen functional groups attached to an aromatic ring is 1. The van der Waals surface area contributed by atoms with Gasteiger partial charge in [-0.15, -0.1) is 0 Å². The lowest BCUT2D eigenvalue weighted by Crippen LogP contribution is -2.35. The first-order valence-corrected chi connectivity index (χ1v) is 7.94. The summed E-state index contributed by atoms with van der Waals surface area (Å²) in [6, 6.07) is 6.04. The van der Waals surface area contributed by atoms with Gasteiger partial charge in [0.1, 0.15) is 6.07 Å². The van der Waals surface area contributed by atoms with Crippen molar-refractivity contribution in [2.75, 3.05) is 31.9 Å². The van der Waals surface area contributed by atoms with Crippen LogP contribution in [0, 0.1) is 11.3 Å². The van der Waals surface area contributed by atoms with Crippen LogP contribution in [0.1, 0.15) is 19.4 Å². The van der Waals surface area contributed by atoms with Gasteiger partial charge in [0, 0.05) is 18.8 Å². The van der Waals surface area contributed by atoms with E-state index in [1.807, 2.05) is 19.9 Å². The molecule has 0 unspecified atom stereocenters. The van der Waals surface area contributed by atoms with E-state index in [2.05, 4.69) is 9.62 Å². The first-order valence-electron chi connectivity index (χ1n) is 6.46. The molecule has 0 aromatic heterocycles. The number of benzene rings is 1. The zero-order chi connectivity index (χ0) is 15.2. The number of rotatable bonds is 7. The Hall–Kier alpha value is -1.62. The van der Waals surface area contributed by atoms with Gasteiger partial charge in [-0.3, -0.25) is 0 Å². The number of anilines is 1. The van der Waals surface area contributed by atoms with Crippen molar-refractivity contribution in [2.24, 2.45) is 0 Å². The van der Waals surface area contributed by atoms with Crippen LogP contribution in [-0.2, 0) is 10.0 Å². The van der Waals surface area contributed by atoms with Crippen LogP contribution in [0.25, 0.3) is 0 Å². The van der Waals surface area contributed by atoms with E-state index < -0.39 is 10.0 Å². The van der Waals surface area contributed by atoms with E-state index in [9.17, 15) is 8.42 Å². The molecule has 0 amide bonds. The molecule has 110 valence electrons. The minimum atomic E-state index is -3.69. The molecule has 0 spiro atoms. The highest BCUT2D eigenvalue weighted by atomic mass is 32.2. The Morgan fingerprint density at radius 2 is 2.00 bits per heavy atom. The highest BCUT2D eigenvalue weighted by molar-refractivity contribution is 7.89. The van der Waals surface area contributed by atoms with Gasteiger partial charge in [-0.2, -0.15) is 5.26 Å². The molecular formula is C13H20N4O2S. The van der Waals surface area contributed by atoms with Gasteiger partial charge >= 0.3 is 0 Å². The average Bonchev–Trinajstić information content (AvgIpc) is 2.43. The van der Waals surface area contributed by atoms with Crippen molar-refractivity contribution in [2.45, 2.75) is 18.7 Å². The quantitative estimate of drug-likeness (QED) is 0.724. The lowest BCUT2D eigenvalue weighted by Gasteiger charge is -2.18. The predicted octanol–water partition coefficient (Wildman–Crippen LogP) is 0.761. The lowest BCUT2D eigenvalue weighted by atomic mass is 10.2. The first-order chi connectivity index (χ1) is 9.44. The van der Waals surface area contributed by atoms with E-state index >= 15 is 0 Å². The molecule has 0 bridgehead atoms. The maximum atomic E-state index is 12.2. The Kier molecular flexibility index (Phi) is 5.95. The Morgan fingerprint density at radius 3 is 2.55 bits per heavy atom. The molecule has 0 radical (unpaired) electrons. The smallest absolute Gasteiger partial charge is 0.241 e. The zero-order valence-corrected chi connectivity index (χ0v) is 12.6. The second-order valence-electron chi connectivity index (χ2n) is 4.29. The molecule has 7 heteroatoms. The fourth-order valence-electron chi connectivity index (χ4n) is 1.83. The number of nitrogens with one attached hydrogen (secondary N) is 1. The number of hydrogen-bond donors (Lipinski definition) is 2. The topological polar surface area (TPSA) is 99.2 Å². The summed E-state index contributed by atoms with van der Waals surface area (Å²) in [5.74, 6) is 0. The number of sulfonamides is 1. The molecule has 0 aliphatic rings. The molecule has 0 saturated heterocycles. The van der Waals surface area contributed by atoms with Crippen molar-refractivity contribution < 1.29 is 8.42 Å². The normalized spacial score (nSPS) is 11.5. The van der Waals surface area contributed by atoms with Crippen LogP contribution in [0.15, 0.2) is 23.1 Å². The zero-order valence-electron chi connectivity index (χ0n) is 11.8. The Labute approximate surface area is 120 Å². The maximum Gasteiger partial charge on any atom is 0.241 e. The number of likely N-dealkylation sites (N-methyl/N-ethyl adjacent to an activating group) is 1. The summed E-state index contributed by atoms with van der Waals surface area (Å²) in [6.07, 6.45) is 0. The molecule has 0 saturated carbocycles. The molecular weight excluding hydrogens is 276 g/mol. The van der Waals surface area contributed by atoms with Gasteiger partial charge in [0.25, 0.3) is 0 Å². The van der Waals surface area contributed by atoms with Gasteiger partial charge in [0.15, 0.2) is 0 Å². The third-order valence-corrected chi connectivity index (χ3v) is 4.55. The van der Waals surface area contributed by atoms with Crippen LogP contribution in [0.5, 0.6) is 0 Å². The van der Waals surface area contributed by atoms with Crippen molar-refractivity contribution in [1.29, 1.82) is 5.26 Å². The molecule has 1 aromatic rings. The standard InChI is InChI=1S/C13H20N4O2S/c1-3-17(4-2)8-7-16-20(18,19)13-6-5-12(15)9-11(13)10-14/h5-6,9,16H,3-4,7-8,15H2,1-2H3. The Balaban J connectivity index is 2.82. The van der Waals surface area contributed by atoms with E-state index in [0.29, 0.717) is 18.8 Å². The summed E-state index contributed by atoms with van der Waals surface area (Å²) in [4.78, 5) is 2.07. The van der Waals surface area contributed by atoms with E-state index in [-0.39, 0.29) is 10.5 Å². The molecule has 0 heterocycles. The minimum Gasteiger partial charge on any atom is -0.399 e. The monoisotopic (exact) mass is 296 g/mol. The second-order valence-corrected chi connectivity index (χ2v) is 6.03. The Bertz CT molecular complexity index is 589. The summed E-state index contributed by atoms with van der Waals surface area (Å²) in [5, 5.41) is 8.99. The highest BCUT2D eigenvalue weighted by Crippen LogP contribution is 2.17.